The monoisotopic (exact) mass is 249 g/mol. The van der Waals surface area contributed by atoms with Crippen molar-refractivity contribution in [3.63, 3.8) is 0 Å². The quantitative estimate of drug-likeness (QED) is 0.653. The van der Waals surface area contributed by atoms with E-state index in [2.05, 4.69) is 39.7 Å². The van der Waals surface area contributed by atoms with Crippen molar-refractivity contribution in [1.82, 2.24) is 0 Å². The number of nitrogens with one attached hydrogen (secondary N) is 1. The van der Waals surface area contributed by atoms with Gasteiger partial charge in [-0.1, -0.05) is 0 Å². The van der Waals surface area contributed by atoms with Gasteiger partial charge in [0.15, 0.2) is 0 Å². The number of anilines is 1. The van der Waals surface area contributed by atoms with Crippen LogP contribution < -0.4 is 5.32 Å². The second kappa shape index (κ2) is 5.68. The van der Waals surface area contributed by atoms with Gasteiger partial charge in [0.1, 0.15) is 0 Å². The van der Waals surface area contributed by atoms with E-state index in [0.717, 1.165) is 18.7 Å². The number of hydrogen-bond donors (Lipinski definition) is 1. The number of methoxy groups -OCH3 is 1. The lowest BCUT2D eigenvalue weighted by Crippen LogP contribution is -2.06. The minimum Gasteiger partial charge on any atom is -0.469 e. The van der Waals surface area contributed by atoms with E-state index in [9.17, 15) is 4.79 Å². The summed E-state index contributed by atoms with van der Waals surface area (Å²) < 4.78 is 5.88. The van der Waals surface area contributed by atoms with Crippen molar-refractivity contribution in [2.24, 2.45) is 0 Å². The molecule has 1 heterocycles. The zero-order valence-corrected chi connectivity index (χ0v) is 10.5. The van der Waals surface area contributed by atoms with Crippen LogP contribution in [0.25, 0.3) is 10.1 Å². The molecule has 0 saturated heterocycles. The van der Waals surface area contributed by atoms with Crippen molar-refractivity contribution < 1.29 is 9.53 Å². The molecule has 0 amide bonds. The Morgan fingerprint density at radius 1 is 1.41 bits per heavy atom. The van der Waals surface area contributed by atoms with E-state index in [1.807, 2.05) is 0 Å². The zero-order valence-electron chi connectivity index (χ0n) is 9.73. The van der Waals surface area contributed by atoms with E-state index >= 15 is 0 Å². The van der Waals surface area contributed by atoms with Crippen LogP contribution in [-0.4, -0.2) is 19.6 Å². The lowest BCUT2D eigenvalue weighted by atomic mass is 10.2. The molecule has 2 aromatic rings. The number of carbonyl (C=O) groups excluding carboxylic acids is 1. The Balaban J connectivity index is 1.84. The SMILES string of the molecule is COC(=O)CCCNc1ccc2sccc2c1. The molecule has 1 aromatic heterocycles. The Morgan fingerprint density at radius 2 is 2.29 bits per heavy atom. The second-order valence-electron chi connectivity index (χ2n) is 3.78. The molecule has 0 radical (unpaired) electrons. The summed E-state index contributed by atoms with van der Waals surface area (Å²) in [5.41, 5.74) is 1.10. The van der Waals surface area contributed by atoms with Crippen molar-refractivity contribution in [3.8, 4) is 0 Å². The average Bonchev–Trinajstić information content (AvgIpc) is 2.81. The maximum atomic E-state index is 10.9. The van der Waals surface area contributed by atoms with E-state index < -0.39 is 0 Å². The lowest BCUT2D eigenvalue weighted by Gasteiger charge is -2.05. The van der Waals surface area contributed by atoms with Gasteiger partial charge in [-0.2, -0.15) is 0 Å². The highest BCUT2D eigenvalue weighted by Crippen LogP contribution is 2.23. The van der Waals surface area contributed by atoms with Crippen LogP contribution in [0.15, 0.2) is 29.6 Å². The van der Waals surface area contributed by atoms with E-state index in [-0.39, 0.29) is 5.97 Å². The third kappa shape index (κ3) is 3.20. The van der Waals surface area contributed by atoms with Crippen LogP contribution in [0.4, 0.5) is 5.69 Å². The summed E-state index contributed by atoms with van der Waals surface area (Å²) >= 11 is 1.74. The Kier molecular flexibility index (Phi) is 3.98. The first-order valence-corrected chi connectivity index (χ1v) is 6.45. The molecular formula is C13H15NO2S. The van der Waals surface area contributed by atoms with Gasteiger partial charge < -0.3 is 10.1 Å². The largest absolute Gasteiger partial charge is 0.469 e. The van der Waals surface area contributed by atoms with Gasteiger partial charge in [0.2, 0.25) is 0 Å². The average molecular weight is 249 g/mol. The normalized spacial score (nSPS) is 10.4. The molecule has 0 atom stereocenters. The highest BCUT2D eigenvalue weighted by Gasteiger charge is 2.00. The summed E-state index contributed by atoms with van der Waals surface area (Å²) in [6.45, 7) is 0.782. The Morgan fingerprint density at radius 3 is 3.12 bits per heavy atom. The third-order valence-corrected chi connectivity index (χ3v) is 3.46. The molecule has 2 rings (SSSR count). The van der Waals surface area contributed by atoms with Crippen LogP contribution in [0.3, 0.4) is 0 Å². The van der Waals surface area contributed by atoms with Gasteiger partial charge in [-0.3, -0.25) is 4.79 Å². The molecule has 0 spiro atoms. The summed E-state index contributed by atoms with van der Waals surface area (Å²) in [4.78, 5) is 10.9. The molecule has 1 aromatic carbocycles. The van der Waals surface area contributed by atoms with Crippen LogP contribution in [0, 0.1) is 0 Å². The van der Waals surface area contributed by atoms with Gasteiger partial charge in [0.25, 0.3) is 0 Å². The first kappa shape index (κ1) is 11.9. The van der Waals surface area contributed by atoms with Crippen molar-refractivity contribution in [2.75, 3.05) is 19.0 Å². The highest BCUT2D eigenvalue weighted by atomic mass is 32.1. The fourth-order valence-electron chi connectivity index (χ4n) is 1.64. The number of carbonyl (C=O) groups is 1. The van der Waals surface area contributed by atoms with Crippen LogP contribution >= 0.6 is 11.3 Å². The summed E-state index contributed by atoms with van der Waals surface area (Å²) in [5.74, 6) is -0.153. The van der Waals surface area contributed by atoms with Crippen molar-refractivity contribution in [1.29, 1.82) is 0 Å². The number of esters is 1. The van der Waals surface area contributed by atoms with Gasteiger partial charge in [0, 0.05) is 23.4 Å². The minimum atomic E-state index is -0.153. The molecule has 0 saturated carbocycles. The van der Waals surface area contributed by atoms with Gasteiger partial charge in [-0.15, -0.1) is 11.3 Å². The fraction of sp³-hybridized carbons (Fsp3) is 0.308. The minimum absolute atomic E-state index is 0.153. The van der Waals surface area contributed by atoms with Gasteiger partial charge >= 0.3 is 5.97 Å². The topological polar surface area (TPSA) is 38.3 Å². The summed E-state index contributed by atoms with van der Waals surface area (Å²) in [6, 6.07) is 8.42. The number of rotatable bonds is 5. The van der Waals surface area contributed by atoms with Gasteiger partial charge in [-0.25, -0.2) is 0 Å². The lowest BCUT2D eigenvalue weighted by molar-refractivity contribution is -0.140. The molecule has 0 bridgehead atoms. The summed E-state index contributed by atoms with van der Waals surface area (Å²) in [5, 5.41) is 6.65. The van der Waals surface area contributed by atoms with E-state index in [1.54, 1.807) is 11.3 Å². The smallest absolute Gasteiger partial charge is 0.305 e. The molecule has 90 valence electrons. The highest BCUT2D eigenvalue weighted by molar-refractivity contribution is 7.17. The van der Waals surface area contributed by atoms with E-state index in [1.165, 1.54) is 17.2 Å². The predicted molar refractivity (Wildman–Crippen MR) is 71.6 cm³/mol. The summed E-state index contributed by atoms with van der Waals surface area (Å²) in [7, 11) is 1.42. The molecule has 0 aliphatic carbocycles. The van der Waals surface area contributed by atoms with Gasteiger partial charge in [0.05, 0.1) is 7.11 Å². The van der Waals surface area contributed by atoms with Crippen molar-refractivity contribution >= 4 is 33.1 Å². The molecule has 0 aliphatic rings. The molecule has 0 fully saturated rings. The van der Waals surface area contributed by atoms with Crippen LogP contribution in [0.2, 0.25) is 0 Å². The molecule has 0 unspecified atom stereocenters. The predicted octanol–water partition coefficient (Wildman–Crippen LogP) is 3.27. The number of thiophene rings is 1. The number of ether oxygens (including phenoxy) is 1. The number of benzene rings is 1. The Bertz CT molecular complexity index is 507. The Labute approximate surface area is 104 Å². The molecular weight excluding hydrogens is 234 g/mol. The molecule has 17 heavy (non-hydrogen) atoms. The zero-order chi connectivity index (χ0) is 12.1. The standard InChI is InChI=1S/C13H15NO2S/c1-16-13(15)3-2-7-14-11-4-5-12-10(9-11)6-8-17-12/h4-6,8-9,14H,2-3,7H2,1H3. The molecule has 4 heteroatoms. The van der Waals surface area contributed by atoms with Crippen molar-refractivity contribution in [2.45, 2.75) is 12.8 Å². The summed E-state index contributed by atoms with van der Waals surface area (Å²) in [6.07, 6.45) is 1.25. The Hall–Kier alpha value is -1.55. The van der Waals surface area contributed by atoms with E-state index in [4.69, 9.17) is 0 Å². The van der Waals surface area contributed by atoms with Crippen LogP contribution in [0.5, 0.6) is 0 Å². The fourth-order valence-corrected chi connectivity index (χ4v) is 2.42. The van der Waals surface area contributed by atoms with Crippen molar-refractivity contribution in [3.05, 3.63) is 29.6 Å². The van der Waals surface area contributed by atoms with E-state index in [0.29, 0.717) is 6.42 Å². The first-order valence-electron chi connectivity index (χ1n) is 5.57. The number of fused-ring (bicyclic) bond motifs is 1. The second-order valence-corrected chi connectivity index (χ2v) is 4.73. The maximum Gasteiger partial charge on any atom is 0.305 e. The van der Waals surface area contributed by atoms with Crippen LogP contribution in [0.1, 0.15) is 12.8 Å². The third-order valence-electron chi connectivity index (χ3n) is 2.57. The molecule has 3 nitrogen and oxygen atoms in total. The van der Waals surface area contributed by atoms with Crippen LogP contribution in [-0.2, 0) is 9.53 Å². The molecule has 0 aliphatic heterocycles. The number of hydrogen-bond acceptors (Lipinski definition) is 4. The molecule has 1 N–H and O–H groups in total. The maximum absolute atomic E-state index is 10.9. The van der Waals surface area contributed by atoms with Gasteiger partial charge in [-0.05, 0) is 41.5 Å². The first-order chi connectivity index (χ1) is 8.29.